The number of para-hydroxylation sites is 1. The number of carbonyl (C=O) groups excluding carboxylic acids is 1. The Hall–Kier alpha value is -2.60. The van der Waals surface area contributed by atoms with Crippen molar-refractivity contribution in [2.75, 3.05) is 0 Å². The monoisotopic (exact) mass is 356 g/mol. The average Bonchev–Trinajstić information content (AvgIpc) is 2.55. The molecule has 0 atom stereocenters. The number of carbonyl (C=O) groups is 2. The highest BCUT2D eigenvalue weighted by Gasteiger charge is 2.15. The van der Waals surface area contributed by atoms with Crippen molar-refractivity contribution < 1.29 is 19.1 Å². The molecule has 0 aliphatic rings. The third-order valence-electron chi connectivity index (χ3n) is 4.08. The second-order valence-electron chi connectivity index (χ2n) is 5.80. The van der Waals surface area contributed by atoms with Gasteiger partial charge in [0.1, 0.15) is 11.2 Å². The summed E-state index contributed by atoms with van der Waals surface area (Å²) < 4.78 is 5.98. The van der Waals surface area contributed by atoms with Crippen LogP contribution in [0.4, 0.5) is 0 Å². The van der Waals surface area contributed by atoms with E-state index in [0.29, 0.717) is 33.3 Å². The molecule has 1 N–H and O–H groups in total. The van der Waals surface area contributed by atoms with Crippen LogP contribution in [0.3, 0.4) is 0 Å². The van der Waals surface area contributed by atoms with Crippen molar-refractivity contribution in [3.05, 3.63) is 57.2 Å². The summed E-state index contributed by atoms with van der Waals surface area (Å²) in [5.41, 5.74) is 2.73. The Morgan fingerprint density at radius 2 is 1.80 bits per heavy atom. The van der Waals surface area contributed by atoms with E-state index in [9.17, 15) is 14.4 Å². The molecule has 0 amide bonds. The Balaban J connectivity index is 2.27. The second kappa shape index (κ2) is 6.72. The van der Waals surface area contributed by atoms with Gasteiger partial charge in [-0.2, -0.15) is 0 Å². The van der Waals surface area contributed by atoms with Crippen molar-refractivity contribution in [2.24, 2.45) is 0 Å². The second-order valence-corrected chi connectivity index (χ2v) is 6.95. The van der Waals surface area contributed by atoms with Crippen LogP contribution in [0.1, 0.15) is 23.6 Å². The van der Waals surface area contributed by atoms with E-state index >= 15 is 0 Å². The molecule has 0 fully saturated rings. The molecule has 0 radical (unpaired) electrons. The first kappa shape index (κ1) is 17.2. The van der Waals surface area contributed by atoms with Gasteiger partial charge in [0.2, 0.25) is 5.43 Å². The van der Waals surface area contributed by atoms with Gasteiger partial charge in [-0.15, -0.1) is 0 Å². The number of thioether (sulfide) groups is 1. The van der Waals surface area contributed by atoms with Gasteiger partial charge in [0.15, 0.2) is 5.12 Å². The normalized spacial score (nSPS) is 11.1. The lowest BCUT2D eigenvalue weighted by Crippen LogP contribution is -2.07. The molecule has 1 aromatic heterocycles. The van der Waals surface area contributed by atoms with Crippen molar-refractivity contribution in [1.29, 1.82) is 0 Å². The zero-order valence-electron chi connectivity index (χ0n) is 13.8. The molecule has 0 unspecified atom stereocenters. The molecule has 0 spiro atoms. The molecule has 0 aliphatic carbocycles. The molecule has 1 heterocycles. The lowest BCUT2D eigenvalue weighted by molar-refractivity contribution is -0.136. The van der Waals surface area contributed by atoms with Crippen LogP contribution in [0, 0.1) is 6.92 Å². The predicted octanol–water partition coefficient (Wildman–Crippen LogP) is 3.66. The SMILES string of the molecule is CC(=O)SCc1ccc2c(=O)c3cccc(CC(=O)O)c3oc2c1C. The molecular weight excluding hydrogens is 340 g/mol. The zero-order chi connectivity index (χ0) is 18.1. The Morgan fingerprint density at radius 3 is 2.48 bits per heavy atom. The molecule has 3 aromatic rings. The van der Waals surface area contributed by atoms with E-state index in [4.69, 9.17) is 9.52 Å². The van der Waals surface area contributed by atoms with E-state index in [0.717, 1.165) is 11.1 Å². The number of fused-ring (bicyclic) bond motifs is 2. The Labute approximate surface area is 147 Å². The van der Waals surface area contributed by atoms with Gasteiger partial charge in [-0.3, -0.25) is 14.4 Å². The van der Waals surface area contributed by atoms with Crippen LogP contribution in [-0.4, -0.2) is 16.2 Å². The average molecular weight is 356 g/mol. The standard InChI is InChI=1S/C19H16O5S/c1-10-13(9-25-11(2)20)6-7-15-17(23)14-5-3-4-12(8-16(21)22)19(14)24-18(10)15/h3-7H,8-9H2,1-2H3,(H,21,22). The van der Waals surface area contributed by atoms with Crippen LogP contribution in [0.15, 0.2) is 39.5 Å². The highest BCUT2D eigenvalue weighted by atomic mass is 32.2. The van der Waals surface area contributed by atoms with E-state index in [2.05, 4.69) is 0 Å². The van der Waals surface area contributed by atoms with Crippen molar-refractivity contribution in [1.82, 2.24) is 0 Å². The van der Waals surface area contributed by atoms with E-state index < -0.39 is 5.97 Å². The molecule has 2 aromatic carbocycles. The number of aliphatic carboxylic acids is 1. The minimum absolute atomic E-state index is 0.0169. The van der Waals surface area contributed by atoms with Gasteiger partial charge in [-0.1, -0.05) is 30.0 Å². The predicted molar refractivity (Wildman–Crippen MR) is 98.0 cm³/mol. The summed E-state index contributed by atoms with van der Waals surface area (Å²) in [6.45, 7) is 3.35. The van der Waals surface area contributed by atoms with Gasteiger partial charge < -0.3 is 9.52 Å². The van der Waals surface area contributed by atoms with Gasteiger partial charge >= 0.3 is 5.97 Å². The topological polar surface area (TPSA) is 84.6 Å². The zero-order valence-corrected chi connectivity index (χ0v) is 14.6. The molecule has 0 bridgehead atoms. The minimum atomic E-state index is -0.987. The van der Waals surface area contributed by atoms with E-state index in [-0.39, 0.29) is 17.0 Å². The summed E-state index contributed by atoms with van der Waals surface area (Å²) in [5, 5.41) is 9.92. The lowest BCUT2D eigenvalue weighted by atomic mass is 10.0. The van der Waals surface area contributed by atoms with Crippen LogP contribution in [0.2, 0.25) is 0 Å². The number of hydrogen-bond donors (Lipinski definition) is 1. The summed E-state index contributed by atoms with van der Waals surface area (Å²) in [4.78, 5) is 35.1. The minimum Gasteiger partial charge on any atom is -0.481 e. The fourth-order valence-corrected chi connectivity index (χ4v) is 3.48. The van der Waals surface area contributed by atoms with Crippen LogP contribution in [0.5, 0.6) is 0 Å². The Morgan fingerprint density at radius 1 is 1.08 bits per heavy atom. The van der Waals surface area contributed by atoms with Gasteiger partial charge in [0.05, 0.1) is 17.2 Å². The molecule has 128 valence electrons. The molecule has 25 heavy (non-hydrogen) atoms. The highest BCUT2D eigenvalue weighted by molar-refractivity contribution is 8.12. The van der Waals surface area contributed by atoms with Crippen LogP contribution in [-0.2, 0) is 21.8 Å². The molecule has 0 saturated heterocycles. The summed E-state index contributed by atoms with van der Waals surface area (Å²) in [5.74, 6) is -0.492. The van der Waals surface area contributed by atoms with E-state index in [1.807, 2.05) is 13.0 Å². The maximum atomic E-state index is 12.8. The van der Waals surface area contributed by atoms with E-state index in [1.54, 1.807) is 24.3 Å². The largest absolute Gasteiger partial charge is 0.481 e. The molecular formula is C19H16O5S. The summed E-state index contributed by atoms with van der Waals surface area (Å²) >= 11 is 1.19. The fraction of sp³-hybridized carbons (Fsp3) is 0.211. The molecule has 0 aliphatic heterocycles. The van der Waals surface area contributed by atoms with Crippen LogP contribution >= 0.6 is 11.8 Å². The Kier molecular flexibility index (Phi) is 4.63. The lowest BCUT2D eigenvalue weighted by Gasteiger charge is -2.10. The van der Waals surface area contributed by atoms with Gasteiger partial charge in [-0.05, 0) is 30.2 Å². The highest BCUT2D eigenvalue weighted by Crippen LogP contribution is 2.28. The van der Waals surface area contributed by atoms with Gasteiger partial charge in [-0.25, -0.2) is 0 Å². The number of benzene rings is 2. The third-order valence-corrected chi connectivity index (χ3v) is 4.94. The number of rotatable bonds is 4. The fourth-order valence-electron chi connectivity index (χ4n) is 2.81. The molecule has 6 heteroatoms. The smallest absolute Gasteiger partial charge is 0.307 e. The van der Waals surface area contributed by atoms with Crippen molar-refractivity contribution in [2.45, 2.75) is 26.0 Å². The molecule has 5 nitrogen and oxygen atoms in total. The number of carboxylic acids is 1. The molecule has 0 saturated carbocycles. The number of hydrogen-bond acceptors (Lipinski definition) is 5. The maximum absolute atomic E-state index is 12.8. The number of carboxylic acid groups (broad SMARTS) is 1. The van der Waals surface area contributed by atoms with Gasteiger partial charge in [0, 0.05) is 18.2 Å². The first-order chi connectivity index (χ1) is 11.9. The summed E-state index contributed by atoms with van der Waals surface area (Å²) in [6.07, 6.45) is -0.218. The van der Waals surface area contributed by atoms with Crippen molar-refractivity contribution in [3.63, 3.8) is 0 Å². The van der Waals surface area contributed by atoms with Crippen LogP contribution in [0.25, 0.3) is 21.9 Å². The maximum Gasteiger partial charge on any atom is 0.307 e. The van der Waals surface area contributed by atoms with Gasteiger partial charge in [0.25, 0.3) is 0 Å². The third kappa shape index (κ3) is 3.30. The Bertz CT molecular complexity index is 1060. The quantitative estimate of drug-likeness (QED) is 0.718. The van der Waals surface area contributed by atoms with E-state index in [1.165, 1.54) is 18.7 Å². The first-order valence-corrected chi connectivity index (χ1v) is 8.69. The molecule has 3 rings (SSSR count). The van der Waals surface area contributed by atoms with Crippen LogP contribution < -0.4 is 5.43 Å². The number of aryl methyl sites for hydroxylation is 1. The summed E-state index contributed by atoms with van der Waals surface area (Å²) in [7, 11) is 0. The van der Waals surface area contributed by atoms with Crippen molar-refractivity contribution >= 4 is 44.8 Å². The summed E-state index contributed by atoms with van der Waals surface area (Å²) in [6, 6.07) is 8.48. The van der Waals surface area contributed by atoms with Crippen molar-refractivity contribution in [3.8, 4) is 0 Å². The first-order valence-electron chi connectivity index (χ1n) is 7.70.